The van der Waals surface area contributed by atoms with Crippen molar-refractivity contribution in [3.05, 3.63) is 48.0 Å². The Bertz CT molecular complexity index is 1080. The Balaban J connectivity index is 1.88. The smallest absolute Gasteiger partial charge is 0.243 e. The van der Waals surface area contributed by atoms with Gasteiger partial charge in [0.05, 0.1) is 16.3 Å². The number of para-hydroxylation sites is 2. The van der Waals surface area contributed by atoms with Crippen molar-refractivity contribution in [2.45, 2.75) is 29.7 Å². The summed E-state index contributed by atoms with van der Waals surface area (Å²) in [7, 11) is -7.43. The molecule has 2 aromatic rings. The molecule has 1 unspecified atom stereocenters. The lowest BCUT2D eigenvalue weighted by Crippen LogP contribution is -2.43. The molecule has 7 nitrogen and oxygen atoms in total. The van der Waals surface area contributed by atoms with Gasteiger partial charge in [-0.05, 0) is 36.8 Å². The Labute approximate surface area is 165 Å². The number of hydrogen-bond acceptors (Lipinski definition) is 6. The van der Waals surface area contributed by atoms with Crippen molar-refractivity contribution < 1.29 is 26.3 Å². The number of fused-ring (bicyclic) bond motifs is 1. The molecular weight excluding hydrogens is 402 g/mol. The second kappa shape index (κ2) is 7.73. The molecule has 1 atom stereocenters. The highest BCUT2D eigenvalue weighted by molar-refractivity contribution is 7.91. The van der Waals surface area contributed by atoms with E-state index in [1.807, 2.05) is 12.1 Å². The highest BCUT2D eigenvalue weighted by Gasteiger charge is 2.31. The van der Waals surface area contributed by atoms with E-state index in [-0.39, 0.29) is 29.5 Å². The number of ether oxygens (including phenoxy) is 2. The minimum absolute atomic E-state index is 0.0191. The van der Waals surface area contributed by atoms with E-state index in [9.17, 15) is 16.8 Å². The Morgan fingerprint density at radius 1 is 1.07 bits per heavy atom. The summed E-state index contributed by atoms with van der Waals surface area (Å²) in [6, 6.07) is 11.4. The monoisotopic (exact) mass is 425 g/mol. The second-order valence-corrected chi connectivity index (χ2v) is 10.6. The van der Waals surface area contributed by atoms with Crippen LogP contribution in [0.25, 0.3) is 0 Å². The highest BCUT2D eigenvalue weighted by Crippen LogP contribution is 2.32. The van der Waals surface area contributed by atoms with Gasteiger partial charge in [-0.15, -0.1) is 0 Å². The van der Waals surface area contributed by atoms with Gasteiger partial charge in [-0.1, -0.05) is 25.1 Å². The molecule has 1 heterocycles. The topological polar surface area (TPSA) is 90.0 Å². The molecule has 0 fully saturated rings. The van der Waals surface area contributed by atoms with Crippen LogP contribution in [0.3, 0.4) is 0 Å². The number of sulfonamides is 1. The molecule has 0 bridgehead atoms. The van der Waals surface area contributed by atoms with Crippen LogP contribution in [0.1, 0.15) is 12.5 Å². The summed E-state index contributed by atoms with van der Waals surface area (Å²) in [6.07, 6.45) is 0.582. The first-order valence-electron chi connectivity index (χ1n) is 8.82. The van der Waals surface area contributed by atoms with E-state index in [1.54, 1.807) is 26.0 Å². The summed E-state index contributed by atoms with van der Waals surface area (Å²) in [5.74, 6) is 1.20. The fraction of sp³-hybridized carbons (Fsp3) is 0.368. The van der Waals surface area contributed by atoms with E-state index < -0.39 is 26.0 Å². The van der Waals surface area contributed by atoms with Crippen LogP contribution in [-0.4, -0.2) is 53.2 Å². The quantitative estimate of drug-likeness (QED) is 0.705. The van der Waals surface area contributed by atoms with Crippen molar-refractivity contribution in [1.29, 1.82) is 0 Å². The van der Waals surface area contributed by atoms with Gasteiger partial charge < -0.3 is 9.47 Å². The fourth-order valence-corrected chi connectivity index (χ4v) is 5.46. The maximum absolute atomic E-state index is 13.2. The first-order valence-corrected chi connectivity index (χ1v) is 12.2. The molecule has 9 heteroatoms. The molecule has 0 radical (unpaired) electrons. The maximum atomic E-state index is 13.2. The second-order valence-electron chi connectivity index (χ2n) is 6.65. The number of aryl methyl sites for hydroxylation is 1. The van der Waals surface area contributed by atoms with E-state index in [0.717, 1.165) is 6.26 Å². The van der Waals surface area contributed by atoms with E-state index in [0.29, 0.717) is 17.1 Å². The van der Waals surface area contributed by atoms with Gasteiger partial charge in [0.1, 0.15) is 12.7 Å². The lowest BCUT2D eigenvalue weighted by Gasteiger charge is -2.30. The Hall–Kier alpha value is -2.10. The molecule has 0 saturated heterocycles. The van der Waals surface area contributed by atoms with E-state index >= 15 is 0 Å². The Morgan fingerprint density at radius 2 is 1.75 bits per heavy atom. The van der Waals surface area contributed by atoms with Gasteiger partial charge >= 0.3 is 0 Å². The van der Waals surface area contributed by atoms with Crippen LogP contribution < -0.4 is 9.47 Å². The van der Waals surface area contributed by atoms with Crippen LogP contribution in [0, 0.1) is 6.92 Å². The number of sulfone groups is 1. The minimum atomic E-state index is -3.91. The third-order valence-electron chi connectivity index (χ3n) is 4.53. The Morgan fingerprint density at radius 3 is 2.39 bits per heavy atom. The summed E-state index contributed by atoms with van der Waals surface area (Å²) < 4.78 is 63.0. The molecule has 3 rings (SSSR count). The summed E-state index contributed by atoms with van der Waals surface area (Å²) in [6.45, 7) is 3.90. The van der Waals surface area contributed by atoms with Gasteiger partial charge in [0.15, 0.2) is 21.3 Å². The normalized spacial score (nSPS) is 16.9. The van der Waals surface area contributed by atoms with Gasteiger partial charge in [0, 0.05) is 12.8 Å². The molecule has 1 aliphatic rings. The lowest BCUT2D eigenvalue weighted by molar-refractivity contribution is 0.0771. The first kappa shape index (κ1) is 20.6. The molecule has 0 aliphatic carbocycles. The van der Waals surface area contributed by atoms with Crippen molar-refractivity contribution in [1.82, 2.24) is 4.31 Å². The molecule has 0 spiro atoms. The van der Waals surface area contributed by atoms with E-state index in [2.05, 4.69) is 0 Å². The molecule has 0 N–H and O–H groups in total. The number of nitrogens with zero attached hydrogens (tertiary/aromatic N) is 1. The Kier molecular flexibility index (Phi) is 5.69. The average Bonchev–Trinajstić information content (AvgIpc) is 2.65. The summed E-state index contributed by atoms with van der Waals surface area (Å²) >= 11 is 0. The molecule has 2 aromatic carbocycles. The molecule has 1 aliphatic heterocycles. The minimum Gasteiger partial charge on any atom is -0.486 e. The van der Waals surface area contributed by atoms with Gasteiger partial charge in [-0.2, -0.15) is 4.31 Å². The molecule has 0 saturated carbocycles. The zero-order valence-corrected chi connectivity index (χ0v) is 17.6. The molecule has 152 valence electrons. The van der Waals surface area contributed by atoms with Gasteiger partial charge in [0.25, 0.3) is 0 Å². The SMILES string of the molecule is CCN(CC1COc2ccccc2O1)S(=O)(=O)c1cc(S(C)(=O)=O)ccc1C. The van der Waals surface area contributed by atoms with Crippen LogP contribution in [0.15, 0.2) is 52.3 Å². The highest BCUT2D eigenvalue weighted by atomic mass is 32.2. The zero-order valence-electron chi connectivity index (χ0n) is 16.0. The van der Waals surface area contributed by atoms with Crippen molar-refractivity contribution in [3.63, 3.8) is 0 Å². The third-order valence-corrected chi connectivity index (χ3v) is 7.73. The van der Waals surface area contributed by atoms with Gasteiger partial charge in [0.2, 0.25) is 10.0 Å². The van der Waals surface area contributed by atoms with Crippen molar-refractivity contribution in [2.75, 3.05) is 26.0 Å². The predicted octanol–water partition coefficient (Wildman–Crippen LogP) is 2.25. The van der Waals surface area contributed by atoms with Crippen LogP contribution in [-0.2, 0) is 19.9 Å². The number of hydrogen-bond donors (Lipinski definition) is 0. The average molecular weight is 426 g/mol. The van der Waals surface area contributed by atoms with Gasteiger partial charge in [-0.3, -0.25) is 0 Å². The van der Waals surface area contributed by atoms with E-state index in [1.165, 1.54) is 22.5 Å². The van der Waals surface area contributed by atoms with Gasteiger partial charge in [-0.25, -0.2) is 16.8 Å². The number of rotatable bonds is 6. The summed E-state index contributed by atoms with van der Waals surface area (Å²) in [4.78, 5) is -0.0479. The first-order chi connectivity index (χ1) is 13.1. The molecule has 0 amide bonds. The van der Waals surface area contributed by atoms with Crippen molar-refractivity contribution in [2.24, 2.45) is 0 Å². The summed E-state index contributed by atoms with van der Waals surface area (Å²) in [5, 5.41) is 0. The van der Waals surface area contributed by atoms with Crippen molar-refractivity contribution in [3.8, 4) is 11.5 Å². The third kappa shape index (κ3) is 4.16. The van der Waals surface area contributed by atoms with Crippen molar-refractivity contribution >= 4 is 19.9 Å². The number of likely N-dealkylation sites (N-methyl/N-ethyl adjacent to an activating group) is 1. The lowest BCUT2D eigenvalue weighted by atomic mass is 10.2. The largest absolute Gasteiger partial charge is 0.486 e. The predicted molar refractivity (Wildman–Crippen MR) is 105 cm³/mol. The fourth-order valence-electron chi connectivity index (χ4n) is 3.01. The van der Waals surface area contributed by atoms with Crippen LogP contribution >= 0.6 is 0 Å². The van der Waals surface area contributed by atoms with E-state index in [4.69, 9.17) is 9.47 Å². The number of benzene rings is 2. The standard InChI is InChI=1S/C19H23NO6S2/c1-4-20(12-15-13-25-17-7-5-6-8-18(17)26-15)28(23,24)19-11-16(27(3,21)22)10-9-14(19)2/h5-11,15H,4,12-13H2,1-3H3. The zero-order chi connectivity index (χ0) is 20.5. The maximum Gasteiger partial charge on any atom is 0.243 e. The molecule has 28 heavy (non-hydrogen) atoms. The molecule has 0 aromatic heterocycles. The molecular formula is C19H23NO6S2. The van der Waals surface area contributed by atoms with Crippen LogP contribution in [0.2, 0.25) is 0 Å². The van der Waals surface area contributed by atoms with Crippen LogP contribution in [0.4, 0.5) is 0 Å². The summed E-state index contributed by atoms with van der Waals surface area (Å²) in [5.41, 5.74) is 0.483. The van der Waals surface area contributed by atoms with Crippen LogP contribution in [0.5, 0.6) is 11.5 Å².